The normalized spacial score (nSPS) is 19.4. The predicted molar refractivity (Wildman–Crippen MR) is 84.5 cm³/mol. The van der Waals surface area contributed by atoms with Gasteiger partial charge in [0.1, 0.15) is 5.82 Å². The minimum atomic E-state index is 0.143. The third-order valence-corrected chi connectivity index (χ3v) is 4.24. The second-order valence-corrected chi connectivity index (χ2v) is 6.51. The van der Waals surface area contributed by atoms with Gasteiger partial charge in [-0.05, 0) is 37.0 Å². The van der Waals surface area contributed by atoms with Crippen molar-refractivity contribution >= 4 is 16.9 Å². The largest absolute Gasteiger partial charge is 0.342 e. The molecule has 1 saturated heterocycles. The first-order valence-electron chi connectivity index (χ1n) is 7.83. The van der Waals surface area contributed by atoms with Gasteiger partial charge in [0.15, 0.2) is 0 Å². The Morgan fingerprint density at radius 3 is 2.95 bits per heavy atom. The molecule has 0 bridgehead atoms. The summed E-state index contributed by atoms with van der Waals surface area (Å²) in [6.45, 7) is 8.18. The molecule has 112 valence electrons. The van der Waals surface area contributed by atoms with Crippen molar-refractivity contribution in [2.75, 3.05) is 13.1 Å². The van der Waals surface area contributed by atoms with Crippen LogP contribution in [0.5, 0.6) is 0 Å². The number of nitrogens with zero attached hydrogens (tertiary/aromatic N) is 2. The van der Waals surface area contributed by atoms with Gasteiger partial charge in [-0.25, -0.2) is 4.98 Å². The predicted octanol–water partition coefficient (Wildman–Crippen LogP) is 3.56. The average molecular weight is 285 g/mol. The number of carbonyl (C=O) groups excluding carboxylic acids is 1. The van der Waals surface area contributed by atoms with E-state index in [4.69, 9.17) is 0 Å². The summed E-state index contributed by atoms with van der Waals surface area (Å²) in [5.41, 5.74) is 2.65. The van der Waals surface area contributed by atoms with Gasteiger partial charge in [-0.1, -0.05) is 20.8 Å². The molecule has 3 rings (SSSR count). The quantitative estimate of drug-likeness (QED) is 0.917. The van der Waals surface area contributed by atoms with Crippen LogP contribution in [0.25, 0.3) is 11.0 Å². The summed E-state index contributed by atoms with van der Waals surface area (Å²) < 4.78 is 0. The summed E-state index contributed by atoms with van der Waals surface area (Å²) >= 11 is 0. The summed E-state index contributed by atoms with van der Waals surface area (Å²) in [5.74, 6) is 2.08. The average Bonchev–Trinajstić information content (AvgIpc) is 2.89. The van der Waals surface area contributed by atoms with E-state index in [2.05, 4.69) is 30.7 Å². The fraction of sp³-hybridized carbons (Fsp3) is 0.529. The molecule has 1 aliphatic rings. The van der Waals surface area contributed by atoms with Crippen LogP contribution >= 0.6 is 0 Å². The molecule has 1 atom stereocenters. The first-order chi connectivity index (χ1) is 10.0. The van der Waals surface area contributed by atoms with Crippen LogP contribution in [0.2, 0.25) is 0 Å². The number of benzene rings is 1. The molecule has 0 spiro atoms. The van der Waals surface area contributed by atoms with E-state index in [-0.39, 0.29) is 5.91 Å². The van der Waals surface area contributed by atoms with Crippen LogP contribution in [-0.4, -0.2) is 33.9 Å². The van der Waals surface area contributed by atoms with Gasteiger partial charge in [0.2, 0.25) is 0 Å². The molecule has 1 aliphatic heterocycles. The second kappa shape index (κ2) is 5.51. The van der Waals surface area contributed by atoms with E-state index in [0.29, 0.717) is 11.8 Å². The van der Waals surface area contributed by atoms with Gasteiger partial charge in [0.25, 0.3) is 5.91 Å². The maximum atomic E-state index is 12.6. The molecule has 0 radical (unpaired) electrons. The van der Waals surface area contributed by atoms with Gasteiger partial charge in [-0.15, -0.1) is 0 Å². The van der Waals surface area contributed by atoms with Crippen LogP contribution in [0.3, 0.4) is 0 Å². The zero-order chi connectivity index (χ0) is 15.0. The minimum Gasteiger partial charge on any atom is -0.342 e. The monoisotopic (exact) mass is 285 g/mol. The molecular formula is C17H23N3O. The van der Waals surface area contributed by atoms with Crippen LogP contribution in [0.15, 0.2) is 18.2 Å². The lowest BCUT2D eigenvalue weighted by Gasteiger charge is -2.31. The lowest BCUT2D eigenvalue weighted by molar-refractivity contribution is 0.0683. The van der Waals surface area contributed by atoms with Crippen molar-refractivity contribution in [2.45, 2.75) is 39.5 Å². The number of hydrogen-bond donors (Lipinski definition) is 1. The van der Waals surface area contributed by atoms with Gasteiger partial charge in [-0.2, -0.15) is 0 Å². The van der Waals surface area contributed by atoms with Gasteiger partial charge in [0.05, 0.1) is 11.0 Å². The highest BCUT2D eigenvalue weighted by Gasteiger charge is 2.22. The molecule has 0 aliphatic carbocycles. The van der Waals surface area contributed by atoms with Crippen molar-refractivity contribution in [1.29, 1.82) is 0 Å². The highest BCUT2D eigenvalue weighted by atomic mass is 16.2. The van der Waals surface area contributed by atoms with Crippen molar-refractivity contribution in [3.63, 3.8) is 0 Å². The third-order valence-electron chi connectivity index (χ3n) is 4.24. The Balaban J connectivity index is 1.87. The Labute approximate surface area is 125 Å². The Morgan fingerprint density at radius 2 is 2.24 bits per heavy atom. The Hall–Kier alpha value is -1.84. The van der Waals surface area contributed by atoms with Crippen molar-refractivity contribution in [3.8, 4) is 0 Å². The van der Waals surface area contributed by atoms with Crippen LogP contribution < -0.4 is 0 Å². The molecule has 1 fully saturated rings. The van der Waals surface area contributed by atoms with Crippen molar-refractivity contribution in [2.24, 2.45) is 5.92 Å². The standard InChI is InChI=1S/C17H23N3O/c1-11(2)16-18-14-7-6-13(9-15(14)19-16)17(21)20-8-4-5-12(3)10-20/h6-7,9,11-12H,4-5,8,10H2,1-3H3,(H,18,19). The second-order valence-electron chi connectivity index (χ2n) is 6.51. The van der Waals surface area contributed by atoms with E-state index in [1.54, 1.807) is 0 Å². The number of likely N-dealkylation sites (tertiary alicyclic amines) is 1. The number of fused-ring (bicyclic) bond motifs is 1. The maximum absolute atomic E-state index is 12.6. The molecule has 4 heteroatoms. The van der Waals surface area contributed by atoms with Crippen LogP contribution in [0, 0.1) is 5.92 Å². The van der Waals surface area contributed by atoms with Crippen molar-refractivity contribution in [3.05, 3.63) is 29.6 Å². The molecule has 1 aromatic carbocycles. The van der Waals surface area contributed by atoms with Crippen LogP contribution in [0.1, 0.15) is 55.7 Å². The molecule has 0 saturated carbocycles. The first-order valence-corrected chi connectivity index (χ1v) is 7.83. The summed E-state index contributed by atoms with van der Waals surface area (Å²) in [7, 11) is 0. The highest BCUT2D eigenvalue weighted by molar-refractivity contribution is 5.97. The molecule has 4 nitrogen and oxygen atoms in total. The molecule has 21 heavy (non-hydrogen) atoms. The summed E-state index contributed by atoms with van der Waals surface area (Å²) in [5, 5.41) is 0. The van der Waals surface area contributed by atoms with Crippen molar-refractivity contribution in [1.82, 2.24) is 14.9 Å². The fourth-order valence-electron chi connectivity index (χ4n) is 2.99. The van der Waals surface area contributed by atoms with E-state index < -0.39 is 0 Å². The molecule has 2 heterocycles. The van der Waals surface area contributed by atoms with Gasteiger partial charge < -0.3 is 9.88 Å². The molecular weight excluding hydrogens is 262 g/mol. The number of rotatable bonds is 2. The van der Waals surface area contributed by atoms with Crippen LogP contribution in [-0.2, 0) is 0 Å². The lowest BCUT2D eigenvalue weighted by atomic mass is 9.99. The topological polar surface area (TPSA) is 49.0 Å². The van der Waals surface area contributed by atoms with E-state index in [9.17, 15) is 4.79 Å². The van der Waals surface area contributed by atoms with Gasteiger partial charge in [0, 0.05) is 24.6 Å². The molecule has 2 aromatic rings. The number of aromatic amines is 1. The zero-order valence-electron chi connectivity index (χ0n) is 13.0. The van der Waals surface area contributed by atoms with Gasteiger partial charge in [-0.3, -0.25) is 4.79 Å². The number of aromatic nitrogens is 2. The summed E-state index contributed by atoms with van der Waals surface area (Å²) in [6, 6.07) is 5.78. The lowest BCUT2D eigenvalue weighted by Crippen LogP contribution is -2.39. The highest BCUT2D eigenvalue weighted by Crippen LogP contribution is 2.21. The van der Waals surface area contributed by atoms with E-state index in [1.165, 1.54) is 6.42 Å². The first kappa shape index (κ1) is 14.1. The number of amides is 1. The maximum Gasteiger partial charge on any atom is 0.253 e. The Morgan fingerprint density at radius 1 is 1.43 bits per heavy atom. The third kappa shape index (κ3) is 2.80. The molecule has 1 unspecified atom stereocenters. The number of H-pyrrole nitrogens is 1. The Bertz CT molecular complexity index is 659. The minimum absolute atomic E-state index is 0.143. The smallest absolute Gasteiger partial charge is 0.253 e. The molecule has 1 N–H and O–H groups in total. The number of hydrogen-bond acceptors (Lipinski definition) is 2. The van der Waals surface area contributed by atoms with E-state index in [1.807, 2.05) is 23.1 Å². The Kier molecular flexibility index (Phi) is 3.70. The fourth-order valence-corrected chi connectivity index (χ4v) is 2.99. The van der Waals surface area contributed by atoms with E-state index in [0.717, 1.165) is 41.9 Å². The summed E-state index contributed by atoms with van der Waals surface area (Å²) in [6.07, 6.45) is 2.33. The number of nitrogens with one attached hydrogen (secondary N) is 1. The van der Waals surface area contributed by atoms with Gasteiger partial charge >= 0.3 is 0 Å². The van der Waals surface area contributed by atoms with Crippen LogP contribution in [0.4, 0.5) is 0 Å². The molecule has 1 amide bonds. The molecule has 1 aromatic heterocycles. The van der Waals surface area contributed by atoms with E-state index >= 15 is 0 Å². The number of carbonyl (C=O) groups is 1. The number of imidazole rings is 1. The zero-order valence-corrected chi connectivity index (χ0v) is 13.0. The SMILES string of the molecule is CC1CCCN(C(=O)c2ccc3nc(C(C)C)[nH]c3c2)C1. The van der Waals surface area contributed by atoms with Crippen molar-refractivity contribution < 1.29 is 4.79 Å². The summed E-state index contributed by atoms with van der Waals surface area (Å²) in [4.78, 5) is 22.5. The number of piperidine rings is 1.